The molecule has 3 heterocycles. The number of aryl methyl sites for hydroxylation is 2. The zero-order chi connectivity index (χ0) is 25.2. The van der Waals surface area contributed by atoms with Gasteiger partial charge in [0.05, 0.1) is 6.04 Å². The number of nitrogens with one attached hydrogen (secondary N) is 1. The van der Waals surface area contributed by atoms with Crippen molar-refractivity contribution in [2.75, 3.05) is 5.32 Å². The summed E-state index contributed by atoms with van der Waals surface area (Å²) in [5, 5.41) is 20.0. The van der Waals surface area contributed by atoms with E-state index < -0.39 is 54.6 Å². The van der Waals surface area contributed by atoms with Gasteiger partial charge in [-0.1, -0.05) is 18.2 Å². The molecule has 3 atom stereocenters. The van der Waals surface area contributed by atoms with Gasteiger partial charge in [0.25, 0.3) is 11.6 Å². The number of aromatic nitrogens is 2. The number of halogens is 6. The number of hydrazone groups is 1. The molecule has 1 aromatic heterocycles. The van der Waals surface area contributed by atoms with Crippen molar-refractivity contribution in [3.8, 4) is 0 Å². The predicted molar refractivity (Wildman–Crippen MR) is 109 cm³/mol. The number of rotatable bonds is 2. The Hall–Kier alpha value is -3.09. The summed E-state index contributed by atoms with van der Waals surface area (Å²) >= 11 is 0. The number of carbonyl (C=O) groups is 1. The maximum absolute atomic E-state index is 13.9. The third-order valence-corrected chi connectivity index (χ3v) is 6.11. The van der Waals surface area contributed by atoms with Crippen LogP contribution >= 0.6 is 0 Å². The number of carbonyl (C=O) groups excluding carboxylic acids is 1. The molecule has 0 radical (unpaired) electrons. The molecule has 184 valence electrons. The molecule has 2 aromatic rings. The fraction of sp³-hybridized carbons (Fsp3) is 0.476. The number of hydrogen-bond donors (Lipinski definition) is 2. The van der Waals surface area contributed by atoms with Crippen molar-refractivity contribution in [3.63, 3.8) is 0 Å². The lowest BCUT2D eigenvalue weighted by atomic mass is 9.94. The van der Waals surface area contributed by atoms with E-state index >= 15 is 0 Å². The molecule has 0 saturated carbocycles. The van der Waals surface area contributed by atoms with Crippen LogP contribution in [-0.2, 0) is 0 Å². The molecule has 0 bridgehead atoms. The number of amides is 1. The van der Waals surface area contributed by atoms with E-state index in [1.54, 1.807) is 18.2 Å². The summed E-state index contributed by atoms with van der Waals surface area (Å²) in [6.45, 7) is 4.88. The van der Waals surface area contributed by atoms with Crippen molar-refractivity contribution in [2.24, 2.45) is 5.10 Å². The third-order valence-electron chi connectivity index (χ3n) is 6.11. The van der Waals surface area contributed by atoms with Crippen LogP contribution < -0.4 is 5.32 Å². The maximum atomic E-state index is 13.9. The average Bonchev–Trinajstić information content (AvgIpc) is 3.28. The van der Waals surface area contributed by atoms with Crippen molar-refractivity contribution in [1.82, 2.24) is 14.8 Å². The molecule has 7 nitrogen and oxygen atoms in total. The number of fused-ring (bicyclic) bond motifs is 1. The smallest absolute Gasteiger partial charge is 0.363 e. The monoisotopic (exact) mass is 489 g/mol. The van der Waals surface area contributed by atoms with Crippen LogP contribution in [0, 0.1) is 13.8 Å². The molecule has 34 heavy (non-hydrogen) atoms. The van der Waals surface area contributed by atoms with Crippen LogP contribution in [0.3, 0.4) is 0 Å². The van der Waals surface area contributed by atoms with Gasteiger partial charge in [-0.25, -0.2) is 4.68 Å². The molecule has 1 amide bonds. The Balaban J connectivity index is 1.73. The summed E-state index contributed by atoms with van der Waals surface area (Å²) in [6.07, 6.45) is -11.4. The first-order valence-electron chi connectivity index (χ1n) is 10.3. The highest BCUT2D eigenvalue weighted by molar-refractivity contribution is 5.97. The molecule has 0 saturated heterocycles. The first kappa shape index (κ1) is 24.0. The minimum Gasteiger partial charge on any atom is -0.363 e. The largest absolute Gasteiger partial charge is 0.438 e. The second kappa shape index (κ2) is 7.72. The normalized spacial score (nSPS) is 25.1. The van der Waals surface area contributed by atoms with Crippen LogP contribution in [0.4, 0.5) is 32.2 Å². The molecule has 4 rings (SSSR count). The minimum absolute atomic E-state index is 0.167. The van der Waals surface area contributed by atoms with Gasteiger partial charge in [0.1, 0.15) is 5.82 Å². The van der Waals surface area contributed by atoms with Gasteiger partial charge in [0.15, 0.2) is 11.7 Å². The standard InChI is InChI=1S/C21H21F6N5O2/c1-10-4-5-13(6-11(10)2)14-7-16(20(22,23)24)31-17(28-14)8-15(30-31)18(33)32-19(34,21(25,26)27)9-12(3)29-32/h4-6,8,14,16,28,34H,7,9H2,1-3H3/t14-,16-,19-/m1/s1. The molecule has 2 aliphatic rings. The first-order valence-corrected chi connectivity index (χ1v) is 10.3. The summed E-state index contributed by atoms with van der Waals surface area (Å²) in [4.78, 5) is 12.8. The maximum Gasteiger partial charge on any atom is 0.438 e. The van der Waals surface area contributed by atoms with Gasteiger partial charge in [-0.3, -0.25) is 4.79 Å². The van der Waals surface area contributed by atoms with Gasteiger partial charge in [0.2, 0.25) is 0 Å². The molecule has 2 N–H and O–H groups in total. The van der Waals surface area contributed by atoms with Gasteiger partial charge in [-0.15, -0.1) is 0 Å². The van der Waals surface area contributed by atoms with Gasteiger partial charge < -0.3 is 10.4 Å². The van der Waals surface area contributed by atoms with Crippen molar-refractivity contribution in [2.45, 2.75) is 63.8 Å². The van der Waals surface area contributed by atoms with Crippen LogP contribution in [0.1, 0.15) is 59.0 Å². The molecule has 1 aromatic carbocycles. The van der Waals surface area contributed by atoms with E-state index in [1.807, 2.05) is 13.8 Å². The van der Waals surface area contributed by atoms with Gasteiger partial charge in [-0.2, -0.15) is 41.6 Å². The van der Waals surface area contributed by atoms with E-state index in [4.69, 9.17) is 0 Å². The van der Waals surface area contributed by atoms with E-state index in [0.717, 1.165) is 17.2 Å². The van der Waals surface area contributed by atoms with Crippen LogP contribution in [0.25, 0.3) is 0 Å². The number of aliphatic hydroxyl groups is 1. The fourth-order valence-electron chi connectivity index (χ4n) is 4.14. The van der Waals surface area contributed by atoms with Crippen LogP contribution in [0.5, 0.6) is 0 Å². The van der Waals surface area contributed by atoms with Gasteiger partial charge in [0, 0.05) is 24.6 Å². The van der Waals surface area contributed by atoms with Crippen LogP contribution in [-0.4, -0.2) is 49.6 Å². The first-order chi connectivity index (χ1) is 15.6. The highest BCUT2D eigenvalue weighted by Crippen LogP contribution is 2.45. The minimum atomic E-state index is -5.25. The van der Waals surface area contributed by atoms with E-state index in [1.165, 1.54) is 6.92 Å². The number of nitrogens with zero attached hydrogens (tertiary/aromatic N) is 4. The van der Waals surface area contributed by atoms with Crippen LogP contribution in [0.2, 0.25) is 0 Å². The zero-order valence-corrected chi connectivity index (χ0v) is 18.3. The Bertz CT molecular complexity index is 1170. The molecule has 0 fully saturated rings. The molecule has 13 heteroatoms. The summed E-state index contributed by atoms with van der Waals surface area (Å²) in [6, 6.07) is 3.26. The van der Waals surface area contributed by atoms with Gasteiger partial charge in [-0.05, 0) is 37.5 Å². The van der Waals surface area contributed by atoms with Gasteiger partial charge >= 0.3 is 12.4 Å². The predicted octanol–water partition coefficient (Wildman–Crippen LogP) is 4.63. The van der Waals surface area contributed by atoms with E-state index in [-0.39, 0.29) is 16.5 Å². The number of benzene rings is 1. The Kier molecular flexibility index (Phi) is 5.46. The number of hydrogen-bond acceptors (Lipinski definition) is 5. The lowest BCUT2D eigenvalue weighted by Gasteiger charge is -2.33. The molecule has 0 aliphatic carbocycles. The molecular weight excluding hydrogens is 468 g/mol. The summed E-state index contributed by atoms with van der Waals surface area (Å²) < 4.78 is 82.7. The highest BCUT2D eigenvalue weighted by atomic mass is 19.4. The summed E-state index contributed by atoms with van der Waals surface area (Å²) in [5.41, 5.74) is -2.06. The van der Waals surface area contributed by atoms with Crippen molar-refractivity contribution >= 4 is 17.4 Å². The summed E-state index contributed by atoms with van der Waals surface area (Å²) in [5.74, 6) is -1.65. The van der Waals surface area contributed by atoms with Crippen LogP contribution in [0.15, 0.2) is 29.4 Å². The Labute approximate surface area is 190 Å². The third kappa shape index (κ3) is 3.91. The fourth-order valence-corrected chi connectivity index (χ4v) is 4.14. The van der Waals surface area contributed by atoms with E-state index in [2.05, 4.69) is 15.5 Å². The summed E-state index contributed by atoms with van der Waals surface area (Å²) in [7, 11) is 0. The SMILES string of the molecule is CC1=NN(C(=O)c2cc3n(n2)[C@@H](C(F)(F)F)C[C@H](c2ccc(C)c(C)c2)N3)[C@](O)(C(F)(F)F)C1. The average molecular weight is 489 g/mol. The topological polar surface area (TPSA) is 82.8 Å². The Morgan fingerprint density at radius 1 is 1.12 bits per heavy atom. The number of alkyl halides is 6. The molecule has 0 unspecified atom stereocenters. The Morgan fingerprint density at radius 3 is 2.38 bits per heavy atom. The van der Waals surface area contributed by atoms with E-state index in [9.17, 15) is 36.2 Å². The zero-order valence-electron chi connectivity index (χ0n) is 18.3. The lowest BCUT2D eigenvalue weighted by Crippen LogP contribution is -2.56. The van der Waals surface area contributed by atoms with E-state index in [0.29, 0.717) is 10.2 Å². The Morgan fingerprint density at radius 2 is 1.79 bits per heavy atom. The molecular formula is C21H21F6N5O2. The molecule has 2 aliphatic heterocycles. The quantitative estimate of drug-likeness (QED) is 0.603. The number of anilines is 1. The highest BCUT2D eigenvalue weighted by Gasteiger charge is 2.63. The lowest BCUT2D eigenvalue weighted by molar-refractivity contribution is -0.297. The second-order valence-electron chi connectivity index (χ2n) is 8.64. The molecule has 0 spiro atoms. The van der Waals surface area contributed by atoms with Crippen molar-refractivity contribution in [1.29, 1.82) is 0 Å². The van der Waals surface area contributed by atoms with Crippen molar-refractivity contribution in [3.05, 3.63) is 46.6 Å². The second-order valence-corrected chi connectivity index (χ2v) is 8.64. The van der Waals surface area contributed by atoms with Crippen molar-refractivity contribution < 1.29 is 36.2 Å².